The summed E-state index contributed by atoms with van der Waals surface area (Å²) in [5, 5.41) is 27.4. The number of anilines is 1. The lowest BCUT2D eigenvalue weighted by Gasteiger charge is -2.35. The normalized spacial score (nSPS) is 13.9. The zero-order chi connectivity index (χ0) is 30.2. The molecule has 1 atom stereocenters. The van der Waals surface area contributed by atoms with E-state index in [0.717, 1.165) is 24.3 Å². The summed E-state index contributed by atoms with van der Waals surface area (Å²) in [6.07, 6.45) is -3.86. The lowest BCUT2D eigenvalue weighted by molar-refractivity contribution is -0.255. The van der Waals surface area contributed by atoms with E-state index in [4.69, 9.17) is 0 Å². The van der Waals surface area contributed by atoms with Crippen LogP contribution in [0.1, 0.15) is 22.8 Å². The van der Waals surface area contributed by atoms with Gasteiger partial charge in [0, 0.05) is 17.6 Å². The number of carbonyl (C=O) groups is 1. The maximum absolute atomic E-state index is 14.2. The van der Waals surface area contributed by atoms with Crippen molar-refractivity contribution in [2.45, 2.75) is 30.5 Å². The molecule has 1 unspecified atom stereocenters. The van der Waals surface area contributed by atoms with Crippen molar-refractivity contribution in [1.29, 1.82) is 0 Å². The van der Waals surface area contributed by atoms with E-state index in [9.17, 15) is 41.0 Å². The second-order valence-electron chi connectivity index (χ2n) is 9.43. The van der Waals surface area contributed by atoms with Gasteiger partial charge in [0.05, 0.1) is 40.9 Å². The first-order chi connectivity index (χ1) is 19.2. The van der Waals surface area contributed by atoms with Crippen LogP contribution in [-0.4, -0.2) is 70.1 Å². The molecule has 0 amide bonds. The number of fused-ring (bicyclic) bond motifs is 1. The number of benzene rings is 3. The average Bonchev–Trinajstić information content (AvgIpc) is 3.33. The van der Waals surface area contributed by atoms with Crippen molar-refractivity contribution in [3.8, 4) is 5.69 Å². The van der Waals surface area contributed by atoms with Crippen molar-refractivity contribution < 1.29 is 41.0 Å². The van der Waals surface area contributed by atoms with Crippen LogP contribution in [0.3, 0.4) is 0 Å². The summed E-state index contributed by atoms with van der Waals surface area (Å²) < 4.78 is 84.0. The SMILES string of the molecule is CCN(CC(O)(CNc1cc(C)cc2c1cnn2-c1cccc(C(=O)O)c1)C(F)(F)F)S(=O)(=O)c1ccc(F)cc1. The molecule has 1 heterocycles. The van der Waals surface area contributed by atoms with Gasteiger partial charge in [-0.15, -0.1) is 0 Å². The third-order valence-corrected chi connectivity index (χ3v) is 8.45. The summed E-state index contributed by atoms with van der Waals surface area (Å²) >= 11 is 0. The minimum Gasteiger partial charge on any atom is -0.478 e. The van der Waals surface area contributed by atoms with E-state index in [-0.39, 0.29) is 11.3 Å². The van der Waals surface area contributed by atoms with Gasteiger partial charge in [-0.3, -0.25) is 0 Å². The van der Waals surface area contributed by atoms with E-state index in [1.165, 1.54) is 36.0 Å². The van der Waals surface area contributed by atoms with Gasteiger partial charge in [-0.25, -0.2) is 22.3 Å². The molecular weight excluding hydrogens is 568 g/mol. The third kappa shape index (κ3) is 6.04. The molecule has 0 saturated carbocycles. The number of rotatable bonds is 10. The summed E-state index contributed by atoms with van der Waals surface area (Å²) in [6, 6.07) is 12.8. The Bertz CT molecular complexity index is 1690. The number of aryl methyl sites for hydroxylation is 1. The molecule has 3 aromatic carbocycles. The number of hydrogen-bond acceptors (Lipinski definition) is 6. The fraction of sp³-hybridized carbons (Fsp3) is 0.259. The Hall–Kier alpha value is -4.01. The number of nitrogens with zero attached hydrogens (tertiary/aromatic N) is 3. The highest BCUT2D eigenvalue weighted by molar-refractivity contribution is 7.89. The molecule has 218 valence electrons. The molecule has 3 N–H and O–H groups in total. The minimum absolute atomic E-state index is 0.0171. The van der Waals surface area contributed by atoms with Gasteiger partial charge in [0.15, 0.2) is 5.60 Å². The zero-order valence-corrected chi connectivity index (χ0v) is 22.7. The smallest absolute Gasteiger partial charge is 0.420 e. The first kappa shape index (κ1) is 30.0. The molecular formula is C27H26F4N4O5S. The molecule has 0 bridgehead atoms. The molecule has 0 fully saturated rings. The Morgan fingerprint density at radius 3 is 2.39 bits per heavy atom. The first-order valence-corrected chi connectivity index (χ1v) is 13.7. The lowest BCUT2D eigenvalue weighted by atomic mass is 10.0. The fourth-order valence-corrected chi connectivity index (χ4v) is 5.79. The highest BCUT2D eigenvalue weighted by Gasteiger charge is 2.55. The summed E-state index contributed by atoms with van der Waals surface area (Å²) in [5.74, 6) is -1.86. The number of sulfonamides is 1. The van der Waals surface area contributed by atoms with Gasteiger partial charge >= 0.3 is 12.1 Å². The van der Waals surface area contributed by atoms with Crippen LogP contribution in [0.5, 0.6) is 0 Å². The van der Waals surface area contributed by atoms with Crippen molar-refractivity contribution in [1.82, 2.24) is 14.1 Å². The van der Waals surface area contributed by atoms with Gasteiger partial charge in [-0.05, 0) is 67.1 Å². The number of likely N-dealkylation sites (N-methyl/N-ethyl adjacent to an activating group) is 1. The van der Waals surface area contributed by atoms with Crippen molar-refractivity contribution in [2.75, 3.05) is 25.0 Å². The van der Waals surface area contributed by atoms with Crippen LogP contribution in [0.4, 0.5) is 23.2 Å². The van der Waals surface area contributed by atoms with E-state index in [1.807, 2.05) is 0 Å². The Morgan fingerprint density at radius 1 is 1.10 bits per heavy atom. The molecule has 1 aromatic heterocycles. The summed E-state index contributed by atoms with van der Waals surface area (Å²) in [7, 11) is -4.50. The number of carboxylic acids is 1. The number of aromatic nitrogens is 2. The van der Waals surface area contributed by atoms with Gasteiger partial charge in [-0.2, -0.15) is 22.6 Å². The molecule has 4 rings (SSSR count). The van der Waals surface area contributed by atoms with Gasteiger partial charge in [0.1, 0.15) is 5.82 Å². The third-order valence-electron chi connectivity index (χ3n) is 6.51. The summed E-state index contributed by atoms with van der Waals surface area (Å²) in [4.78, 5) is 11.0. The topological polar surface area (TPSA) is 125 Å². The lowest BCUT2D eigenvalue weighted by Crippen LogP contribution is -2.58. The van der Waals surface area contributed by atoms with Crippen LogP contribution in [0.2, 0.25) is 0 Å². The molecule has 4 aromatic rings. The second-order valence-corrected chi connectivity index (χ2v) is 11.4. The molecule has 0 radical (unpaired) electrons. The van der Waals surface area contributed by atoms with E-state index in [2.05, 4.69) is 10.4 Å². The molecule has 0 aliphatic carbocycles. The molecule has 9 nitrogen and oxygen atoms in total. The Kier molecular flexibility index (Phi) is 8.11. The maximum atomic E-state index is 14.2. The maximum Gasteiger partial charge on any atom is 0.420 e. The number of aliphatic hydroxyl groups is 1. The van der Waals surface area contributed by atoms with Gasteiger partial charge < -0.3 is 15.5 Å². The summed E-state index contributed by atoms with van der Waals surface area (Å²) in [6.45, 7) is 0.192. The van der Waals surface area contributed by atoms with Gasteiger partial charge in [-0.1, -0.05) is 13.0 Å². The van der Waals surface area contributed by atoms with Gasteiger partial charge in [0.25, 0.3) is 0 Å². The quantitative estimate of drug-likeness (QED) is 0.230. The second kappa shape index (κ2) is 11.1. The Balaban J connectivity index is 1.67. The molecule has 0 aliphatic rings. The number of aromatic carboxylic acids is 1. The van der Waals surface area contributed by atoms with E-state index < -0.39 is 58.1 Å². The van der Waals surface area contributed by atoms with Crippen molar-refractivity contribution in [3.63, 3.8) is 0 Å². The van der Waals surface area contributed by atoms with E-state index in [0.29, 0.717) is 26.5 Å². The standard InChI is InChI=1S/C27H26F4N4O5S/c1-3-34(41(39,40)21-9-7-19(28)8-10-21)16-26(38,27(29,30)31)15-32-23-11-17(2)12-24-22(23)14-33-35(24)20-6-4-5-18(13-20)25(36)37/h4-14,32,38H,3,15-16H2,1-2H3,(H,36,37). The molecule has 0 aliphatic heterocycles. The molecule has 14 heteroatoms. The van der Waals surface area contributed by atoms with Crippen molar-refractivity contribution in [2.24, 2.45) is 0 Å². The number of carboxylic acid groups (broad SMARTS) is 1. The highest BCUT2D eigenvalue weighted by atomic mass is 32.2. The van der Waals surface area contributed by atoms with Crippen molar-refractivity contribution in [3.05, 3.63) is 83.8 Å². The van der Waals surface area contributed by atoms with Gasteiger partial charge in [0.2, 0.25) is 10.0 Å². The minimum atomic E-state index is -5.24. The van der Waals surface area contributed by atoms with Crippen LogP contribution in [0, 0.1) is 12.7 Å². The molecule has 0 saturated heterocycles. The highest BCUT2D eigenvalue weighted by Crippen LogP contribution is 2.35. The van der Waals surface area contributed by atoms with E-state index >= 15 is 0 Å². The van der Waals surface area contributed by atoms with Crippen LogP contribution in [0.15, 0.2) is 71.8 Å². The zero-order valence-electron chi connectivity index (χ0n) is 21.9. The number of hydrogen-bond donors (Lipinski definition) is 3. The van der Waals surface area contributed by atoms with Crippen molar-refractivity contribution >= 4 is 32.6 Å². The molecule has 41 heavy (non-hydrogen) atoms. The van der Waals surface area contributed by atoms with Crippen LogP contribution in [0.25, 0.3) is 16.6 Å². The molecule has 0 spiro atoms. The summed E-state index contributed by atoms with van der Waals surface area (Å²) in [5.41, 5.74) is -1.82. The average molecular weight is 595 g/mol. The number of halogens is 4. The predicted octanol–water partition coefficient (Wildman–Crippen LogP) is 4.59. The van der Waals surface area contributed by atoms with E-state index in [1.54, 1.807) is 25.1 Å². The number of alkyl halides is 3. The van der Waals surface area contributed by atoms with Crippen LogP contribution in [-0.2, 0) is 10.0 Å². The monoisotopic (exact) mass is 594 g/mol. The van der Waals surface area contributed by atoms with Crippen LogP contribution < -0.4 is 5.32 Å². The largest absolute Gasteiger partial charge is 0.478 e. The Labute approximate surface area is 232 Å². The van der Waals surface area contributed by atoms with Crippen LogP contribution >= 0.6 is 0 Å². The predicted molar refractivity (Wildman–Crippen MR) is 143 cm³/mol. The fourth-order valence-electron chi connectivity index (χ4n) is 4.29. The Morgan fingerprint density at radius 2 is 1.78 bits per heavy atom. The number of nitrogens with one attached hydrogen (secondary N) is 1. The first-order valence-electron chi connectivity index (χ1n) is 12.3.